The van der Waals surface area contributed by atoms with Crippen LogP contribution in [0.5, 0.6) is 0 Å². The molecular weight excluding hydrogens is 306 g/mol. The van der Waals surface area contributed by atoms with Gasteiger partial charge in [-0.05, 0) is 73.0 Å². The molecule has 0 aliphatic rings. The van der Waals surface area contributed by atoms with Crippen molar-refractivity contribution in [2.24, 2.45) is 0 Å². The molecule has 0 fully saturated rings. The van der Waals surface area contributed by atoms with E-state index in [1.807, 2.05) is 11.3 Å². The fourth-order valence-corrected chi connectivity index (χ4v) is 3.52. The Hall–Kier alpha value is -0.800. The monoisotopic (exact) mass is 323 g/mol. The Balaban J connectivity index is 2.23. The van der Waals surface area contributed by atoms with Crippen LogP contribution in [0.3, 0.4) is 0 Å². The number of aryl methyl sites for hydroxylation is 3. The first-order valence-electron chi connectivity index (χ1n) is 6.07. The molecule has 96 valence electrons. The van der Waals surface area contributed by atoms with Crippen LogP contribution in [0.2, 0.25) is 0 Å². The van der Waals surface area contributed by atoms with Crippen LogP contribution in [-0.4, -0.2) is 0 Å². The summed E-state index contributed by atoms with van der Waals surface area (Å²) in [5.41, 5.74) is 3.82. The third-order valence-corrected chi connectivity index (χ3v) is 4.71. The SMILES string of the molecule is Cc1ccc(Br)c(NC(C)c2cc(C)sc2C)c1. The van der Waals surface area contributed by atoms with Gasteiger partial charge in [0.25, 0.3) is 0 Å². The van der Waals surface area contributed by atoms with Gasteiger partial charge in [-0.3, -0.25) is 0 Å². The Morgan fingerprint density at radius 2 is 1.89 bits per heavy atom. The number of halogens is 1. The highest BCUT2D eigenvalue weighted by atomic mass is 79.9. The van der Waals surface area contributed by atoms with E-state index in [9.17, 15) is 0 Å². The molecule has 2 rings (SSSR count). The minimum atomic E-state index is 0.327. The van der Waals surface area contributed by atoms with Crippen LogP contribution in [0.15, 0.2) is 28.7 Å². The molecule has 0 radical (unpaired) electrons. The van der Waals surface area contributed by atoms with E-state index in [1.165, 1.54) is 20.9 Å². The van der Waals surface area contributed by atoms with Crippen molar-refractivity contribution in [1.29, 1.82) is 0 Å². The quantitative estimate of drug-likeness (QED) is 0.774. The lowest BCUT2D eigenvalue weighted by Crippen LogP contribution is -2.07. The number of hydrogen-bond donors (Lipinski definition) is 1. The van der Waals surface area contributed by atoms with Gasteiger partial charge in [0.2, 0.25) is 0 Å². The van der Waals surface area contributed by atoms with E-state index in [2.05, 4.69) is 73.2 Å². The van der Waals surface area contributed by atoms with Crippen LogP contribution in [0.1, 0.15) is 33.8 Å². The maximum absolute atomic E-state index is 3.60. The third kappa shape index (κ3) is 2.96. The molecular formula is C15H18BrNS. The van der Waals surface area contributed by atoms with Gasteiger partial charge in [0, 0.05) is 26.0 Å². The highest BCUT2D eigenvalue weighted by Crippen LogP contribution is 2.31. The van der Waals surface area contributed by atoms with Crippen LogP contribution in [0, 0.1) is 20.8 Å². The summed E-state index contributed by atoms with van der Waals surface area (Å²) in [4.78, 5) is 2.77. The number of hydrogen-bond acceptors (Lipinski definition) is 2. The largest absolute Gasteiger partial charge is 0.378 e. The van der Waals surface area contributed by atoms with Gasteiger partial charge >= 0.3 is 0 Å². The minimum absolute atomic E-state index is 0.327. The first-order chi connectivity index (χ1) is 8.47. The molecule has 2 aromatic rings. The van der Waals surface area contributed by atoms with Crippen LogP contribution < -0.4 is 5.32 Å². The zero-order chi connectivity index (χ0) is 13.3. The fourth-order valence-electron chi connectivity index (χ4n) is 2.14. The van der Waals surface area contributed by atoms with Crippen molar-refractivity contribution < 1.29 is 0 Å². The summed E-state index contributed by atoms with van der Waals surface area (Å²) < 4.78 is 1.12. The summed E-state index contributed by atoms with van der Waals surface area (Å²) in [6.07, 6.45) is 0. The molecule has 0 bridgehead atoms. The van der Waals surface area contributed by atoms with Gasteiger partial charge in [-0.2, -0.15) is 0 Å². The van der Waals surface area contributed by atoms with Gasteiger partial charge in [0.05, 0.1) is 0 Å². The Bertz CT molecular complexity index is 560. The lowest BCUT2D eigenvalue weighted by molar-refractivity contribution is 0.880. The lowest BCUT2D eigenvalue weighted by Gasteiger charge is -2.17. The number of rotatable bonds is 3. The average Bonchev–Trinajstić information content (AvgIpc) is 2.63. The zero-order valence-corrected chi connectivity index (χ0v) is 13.6. The van der Waals surface area contributed by atoms with Crippen LogP contribution in [0.25, 0.3) is 0 Å². The molecule has 1 heterocycles. The Labute approximate surface area is 121 Å². The van der Waals surface area contributed by atoms with Crippen molar-refractivity contribution in [1.82, 2.24) is 0 Å². The van der Waals surface area contributed by atoms with E-state index >= 15 is 0 Å². The van der Waals surface area contributed by atoms with Gasteiger partial charge in [0.15, 0.2) is 0 Å². The highest BCUT2D eigenvalue weighted by molar-refractivity contribution is 9.10. The van der Waals surface area contributed by atoms with E-state index in [0.717, 1.165) is 10.2 Å². The molecule has 1 atom stereocenters. The molecule has 0 aliphatic heterocycles. The normalized spacial score (nSPS) is 12.5. The third-order valence-electron chi connectivity index (χ3n) is 3.04. The van der Waals surface area contributed by atoms with Crippen molar-refractivity contribution >= 4 is 33.0 Å². The van der Waals surface area contributed by atoms with Crippen molar-refractivity contribution in [3.63, 3.8) is 0 Å². The second kappa shape index (κ2) is 5.45. The lowest BCUT2D eigenvalue weighted by atomic mass is 10.1. The van der Waals surface area contributed by atoms with Gasteiger partial charge in [-0.25, -0.2) is 0 Å². The molecule has 0 spiro atoms. The van der Waals surface area contributed by atoms with E-state index in [1.54, 1.807) is 0 Å². The molecule has 1 unspecified atom stereocenters. The standard InChI is InChI=1S/C15H18BrNS/c1-9-5-6-14(16)15(7-9)17-11(3)13-8-10(2)18-12(13)4/h5-8,11,17H,1-4H3. The van der Waals surface area contributed by atoms with Gasteiger partial charge in [0.1, 0.15) is 0 Å². The Morgan fingerprint density at radius 3 is 2.50 bits per heavy atom. The van der Waals surface area contributed by atoms with E-state index in [0.29, 0.717) is 6.04 Å². The maximum Gasteiger partial charge on any atom is 0.0497 e. The smallest absolute Gasteiger partial charge is 0.0497 e. The molecule has 1 aromatic carbocycles. The summed E-state index contributed by atoms with van der Waals surface area (Å²) in [5.74, 6) is 0. The van der Waals surface area contributed by atoms with Crippen LogP contribution >= 0.6 is 27.3 Å². The molecule has 0 saturated carbocycles. The number of benzene rings is 1. The molecule has 0 aliphatic carbocycles. The maximum atomic E-state index is 3.60. The first-order valence-corrected chi connectivity index (χ1v) is 7.68. The number of anilines is 1. The first kappa shape index (κ1) is 13.6. The van der Waals surface area contributed by atoms with E-state index in [-0.39, 0.29) is 0 Å². The van der Waals surface area contributed by atoms with Crippen molar-refractivity contribution in [2.75, 3.05) is 5.32 Å². The molecule has 18 heavy (non-hydrogen) atoms. The van der Waals surface area contributed by atoms with E-state index < -0.39 is 0 Å². The molecule has 1 N–H and O–H groups in total. The second-order valence-electron chi connectivity index (χ2n) is 4.72. The van der Waals surface area contributed by atoms with Gasteiger partial charge < -0.3 is 5.32 Å². The number of nitrogens with one attached hydrogen (secondary N) is 1. The predicted octanol–water partition coefficient (Wildman–Crippen LogP) is 5.61. The summed E-state index contributed by atoms with van der Waals surface area (Å²) in [6.45, 7) is 8.68. The summed E-state index contributed by atoms with van der Waals surface area (Å²) >= 11 is 5.46. The molecule has 0 saturated heterocycles. The fraction of sp³-hybridized carbons (Fsp3) is 0.333. The van der Waals surface area contributed by atoms with E-state index in [4.69, 9.17) is 0 Å². The topological polar surface area (TPSA) is 12.0 Å². The molecule has 3 heteroatoms. The summed E-state index contributed by atoms with van der Waals surface area (Å²) in [5, 5.41) is 3.58. The predicted molar refractivity (Wildman–Crippen MR) is 84.7 cm³/mol. The Morgan fingerprint density at radius 1 is 1.17 bits per heavy atom. The van der Waals surface area contributed by atoms with Crippen LogP contribution in [-0.2, 0) is 0 Å². The summed E-state index contributed by atoms with van der Waals surface area (Å²) in [6, 6.07) is 8.99. The molecule has 1 aromatic heterocycles. The van der Waals surface area contributed by atoms with Crippen molar-refractivity contribution in [3.8, 4) is 0 Å². The number of thiophene rings is 1. The van der Waals surface area contributed by atoms with Gasteiger partial charge in [-0.1, -0.05) is 6.07 Å². The minimum Gasteiger partial charge on any atom is -0.378 e. The second-order valence-corrected chi connectivity index (χ2v) is 7.03. The van der Waals surface area contributed by atoms with Crippen LogP contribution in [0.4, 0.5) is 5.69 Å². The molecule has 1 nitrogen and oxygen atoms in total. The zero-order valence-electron chi connectivity index (χ0n) is 11.2. The molecule has 0 amide bonds. The van der Waals surface area contributed by atoms with Crippen molar-refractivity contribution in [2.45, 2.75) is 33.7 Å². The van der Waals surface area contributed by atoms with Crippen molar-refractivity contribution in [3.05, 3.63) is 49.6 Å². The highest BCUT2D eigenvalue weighted by Gasteiger charge is 2.12. The van der Waals surface area contributed by atoms with Gasteiger partial charge in [-0.15, -0.1) is 11.3 Å². The average molecular weight is 324 g/mol. The Kier molecular flexibility index (Phi) is 4.13. The summed E-state index contributed by atoms with van der Waals surface area (Å²) in [7, 11) is 0.